The number of hydrogen-bond donors (Lipinski definition) is 2. The van der Waals surface area contributed by atoms with Crippen LogP contribution < -0.4 is 39.0 Å². The normalized spacial score (nSPS) is 11.3. The zero-order chi connectivity index (χ0) is 26.2. The van der Waals surface area contributed by atoms with Gasteiger partial charge in [-0.05, 0) is 60.7 Å². The largest absolute Gasteiger partial charge is 1.00 e. The highest BCUT2D eigenvalue weighted by Crippen LogP contribution is 2.61. The smallest absolute Gasteiger partial charge is 0.258 e. The van der Waals surface area contributed by atoms with Gasteiger partial charge in [0.25, 0.3) is 5.91 Å². The monoisotopic (exact) mass is 569 g/mol. The van der Waals surface area contributed by atoms with Crippen molar-refractivity contribution in [2.75, 3.05) is 5.32 Å². The third-order valence-corrected chi connectivity index (χ3v) is 10.6. The first-order chi connectivity index (χ1) is 18.7. The number of amides is 1. The molecular formula is C32H26Cl2N3OP. The lowest BCUT2D eigenvalue weighted by atomic mass is 10.2. The number of hydrogen-bond acceptors (Lipinski definition) is 3. The molecule has 0 saturated carbocycles. The summed E-state index contributed by atoms with van der Waals surface area (Å²) in [6.07, 6.45) is 3.46. The Morgan fingerprint density at radius 2 is 1.13 bits per heavy atom. The van der Waals surface area contributed by atoms with E-state index in [9.17, 15) is 4.79 Å². The van der Waals surface area contributed by atoms with Crippen molar-refractivity contribution in [1.82, 2.24) is 10.3 Å². The molecule has 5 rings (SSSR count). The molecule has 194 valence electrons. The summed E-state index contributed by atoms with van der Waals surface area (Å²) in [7, 11) is -2.57. The summed E-state index contributed by atoms with van der Waals surface area (Å²) in [5.74, 6) is 0.433. The number of nitrogens with zero attached hydrogens (tertiary/aromatic N) is 1. The number of carbonyl (C=O) groups is 1. The molecule has 0 aliphatic carbocycles. The quantitative estimate of drug-likeness (QED) is 0.282. The van der Waals surface area contributed by atoms with E-state index in [0.717, 1.165) is 21.4 Å². The van der Waals surface area contributed by atoms with E-state index in [0.29, 0.717) is 16.4 Å². The van der Waals surface area contributed by atoms with Crippen molar-refractivity contribution in [3.63, 3.8) is 0 Å². The molecule has 7 heteroatoms. The topological polar surface area (TPSA) is 54.0 Å². The van der Waals surface area contributed by atoms with Crippen LogP contribution in [-0.4, -0.2) is 10.9 Å². The molecule has 0 bridgehead atoms. The Bertz CT molecular complexity index is 1420. The maximum absolute atomic E-state index is 13.7. The average Bonchev–Trinajstić information content (AvgIpc) is 2.99. The minimum Gasteiger partial charge on any atom is -1.00 e. The van der Waals surface area contributed by atoms with Gasteiger partial charge in [-0.2, -0.15) is 0 Å². The van der Waals surface area contributed by atoms with Gasteiger partial charge in [-0.25, -0.2) is 4.98 Å². The summed E-state index contributed by atoms with van der Waals surface area (Å²) in [5.41, 5.74) is 1.34. The van der Waals surface area contributed by atoms with Crippen molar-refractivity contribution >= 4 is 46.5 Å². The van der Waals surface area contributed by atoms with Crippen molar-refractivity contribution in [1.29, 1.82) is 0 Å². The van der Waals surface area contributed by atoms with Gasteiger partial charge >= 0.3 is 0 Å². The number of rotatable bonds is 8. The molecule has 0 aliphatic rings. The molecule has 2 N–H and O–H groups in total. The van der Waals surface area contributed by atoms with Crippen molar-refractivity contribution in [2.24, 2.45) is 0 Å². The van der Waals surface area contributed by atoms with E-state index in [1.54, 1.807) is 12.3 Å². The number of anilines is 1. The zero-order valence-electron chi connectivity index (χ0n) is 20.9. The first-order valence-electron chi connectivity index (χ1n) is 12.2. The fourth-order valence-electron chi connectivity index (χ4n) is 4.42. The highest BCUT2D eigenvalue weighted by molar-refractivity contribution is 7.99. The Labute approximate surface area is 240 Å². The van der Waals surface area contributed by atoms with Gasteiger partial charge in [-0.1, -0.05) is 84.4 Å². The van der Waals surface area contributed by atoms with Crippen LogP contribution in [-0.2, 0) is 0 Å². The van der Waals surface area contributed by atoms with E-state index in [4.69, 9.17) is 11.6 Å². The maximum Gasteiger partial charge on any atom is 0.258 e. The molecule has 39 heavy (non-hydrogen) atoms. The maximum atomic E-state index is 13.7. The molecule has 0 atom stereocenters. The lowest BCUT2D eigenvalue weighted by molar-refractivity contribution is -0.0000155. The van der Waals surface area contributed by atoms with Crippen LogP contribution in [0.1, 0.15) is 10.4 Å². The van der Waals surface area contributed by atoms with Crippen molar-refractivity contribution < 1.29 is 17.2 Å². The van der Waals surface area contributed by atoms with E-state index in [1.807, 2.05) is 97.2 Å². The Morgan fingerprint density at radius 1 is 0.667 bits per heavy atom. The summed E-state index contributed by atoms with van der Waals surface area (Å²) in [6.45, 7) is 0. The van der Waals surface area contributed by atoms with Crippen LogP contribution in [0.4, 0.5) is 5.82 Å². The summed E-state index contributed by atoms with van der Waals surface area (Å²) >= 11 is 6.07. The van der Waals surface area contributed by atoms with Gasteiger partial charge in [0.15, 0.2) is 12.7 Å². The van der Waals surface area contributed by atoms with Gasteiger partial charge in [0.05, 0.1) is 11.2 Å². The molecule has 0 radical (unpaired) electrons. The molecule has 0 unspecified atom stereocenters. The van der Waals surface area contributed by atoms with Crippen LogP contribution in [0.5, 0.6) is 0 Å². The van der Waals surface area contributed by atoms with Crippen LogP contribution in [0.3, 0.4) is 0 Å². The average molecular weight is 570 g/mol. The molecule has 1 aromatic heterocycles. The first kappa shape index (κ1) is 28.1. The fraction of sp³-hybridized carbons (Fsp3) is 0. The molecule has 1 amide bonds. The Hall–Kier alpha value is -3.95. The predicted molar refractivity (Wildman–Crippen MR) is 160 cm³/mol. The van der Waals surface area contributed by atoms with Gasteiger partial charge < -0.3 is 17.7 Å². The SMILES string of the molecule is O=C(NC(=CNc1ccc(Cl)cn1)[P+](c1ccccc1)(c1ccccc1)c1ccccc1)c1ccccc1.[Cl-]. The van der Waals surface area contributed by atoms with E-state index in [-0.39, 0.29) is 18.3 Å². The molecule has 4 aromatic carbocycles. The number of benzene rings is 4. The number of carbonyl (C=O) groups excluding carboxylic acids is 1. The van der Waals surface area contributed by atoms with E-state index in [2.05, 4.69) is 52.0 Å². The highest BCUT2D eigenvalue weighted by atomic mass is 35.5. The minimum atomic E-state index is -2.57. The third kappa shape index (κ3) is 6.21. The van der Waals surface area contributed by atoms with Gasteiger partial charge in [0.2, 0.25) is 0 Å². The van der Waals surface area contributed by atoms with Crippen LogP contribution in [0, 0.1) is 0 Å². The van der Waals surface area contributed by atoms with Crippen LogP contribution in [0.25, 0.3) is 0 Å². The number of nitrogens with one attached hydrogen (secondary N) is 2. The highest BCUT2D eigenvalue weighted by Gasteiger charge is 2.50. The van der Waals surface area contributed by atoms with Gasteiger partial charge in [0.1, 0.15) is 21.7 Å². The predicted octanol–water partition coefficient (Wildman–Crippen LogP) is 3.37. The minimum absolute atomic E-state index is 0. The lowest BCUT2D eigenvalue weighted by Crippen LogP contribution is -3.00. The molecule has 4 nitrogen and oxygen atoms in total. The molecular weight excluding hydrogens is 544 g/mol. The molecule has 0 saturated heterocycles. The van der Waals surface area contributed by atoms with Crippen LogP contribution >= 0.6 is 18.9 Å². The van der Waals surface area contributed by atoms with Crippen LogP contribution in [0.2, 0.25) is 5.02 Å². The zero-order valence-corrected chi connectivity index (χ0v) is 23.3. The van der Waals surface area contributed by atoms with Gasteiger partial charge in [-0.3, -0.25) is 10.1 Å². The summed E-state index contributed by atoms with van der Waals surface area (Å²) in [6, 6.07) is 43.9. The first-order valence-corrected chi connectivity index (χ1v) is 14.4. The Morgan fingerprint density at radius 3 is 1.56 bits per heavy atom. The molecule has 0 aliphatic heterocycles. The third-order valence-electron chi connectivity index (χ3n) is 6.15. The summed E-state index contributed by atoms with van der Waals surface area (Å²) in [4.78, 5) is 18.1. The number of halogens is 2. The standard InChI is InChI=1S/C32H25ClN3OP.ClH/c33-26-21-22-30(34-23-26)35-24-31(36-32(37)25-13-5-1-6-14-25)38(27-15-7-2-8-16-27,28-17-9-3-10-18-28)29-19-11-4-12-20-29;/h1-24H,(H-,34,35,36,37);1H. The number of aromatic nitrogens is 1. The van der Waals surface area contributed by atoms with Crippen LogP contribution in [0.15, 0.2) is 151 Å². The second-order valence-electron chi connectivity index (χ2n) is 8.53. The Kier molecular flexibility index (Phi) is 9.51. The summed E-state index contributed by atoms with van der Waals surface area (Å²) in [5, 5.41) is 10.5. The second-order valence-corrected chi connectivity index (χ2v) is 12.3. The van der Waals surface area contributed by atoms with E-state index >= 15 is 0 Å². The Balaban J connectivity index is 0.00000353. The van der Waals surface area contributed by atoms with Crippen molar-refractivity contribution in [3.8, 4) is 0 Å². The fourth-order valence-corrected chi connectivity index (χ4v) is 8.64. The van der Waals surface area contributed by atoms with E-state index in [1.165, 1.54) is 0 Å². The summed E-state index contributed by atoms with van der Waals surface area (Å²) < 4.78 is 0. The van der Waals surface area contributed by atoms with Gasteiger partial charge in [0, 0.05) is 11.8 Å². The molecule has 0 fully saturated rings. The number of pyridine rings is 1. The molecule has 0 spiro atoms. The molecule has 5 aromatic rings. The van der Waals surface area contributed by atoms with Crippen molar-refractivity contribution in [3.05, 3.63) is 162 Å². The van der Waals surface area contributed by atoms with E-state index < -0.39 is 7.26 Å². The molecule has 1 heterocycles. The lowest BCUT2D eigenvalue weighted by Gasteiger charge is -2.29. The second kappa shape index (κ2) is 13.2. The van der Waals surface area contributed by atoms with Gasteiger partial charge in [-0.15, -0.1) is 0 Å². The van der Waals surface area contributed by atoms with Crippen molar-refractivity contribution in [2.45, 2.75) is 0 Å².